The van der Waals surface area contributed by atoms with Gasteiger partial charge in [0.15, 0.2) is 10.9 Å². The van der Waals surface area contributed by atoms with Crippen LogP contribution in [0, 0.1) is 10.1 Å². The van der Waals surface area contributed by atoms with E-state index in [2.05, 4.69) is 15.7 Å². The van der Waals surface area contributed by atoms with Crippen LogP contribution in [0.1, 0.15) is 5.56 Å². The normalized spacial score (nSPS) is 10.4. The molecule has 0 aliphatic heterocycles. The summed E-state index contributed by atoms with van der Waals surface area (Å²) in [5.74, 6) is 0.819. The minimum atomic E-state index is -0.498. The Kier molecular flexibility index (Phi) is 6.53. The number of methoxy groups -OCH3 is 1. The van der Waals surface area contributed by atoms with E-state index in [0.717, 1.165) is 5.56 Å². The van der Waals surface area contributed by atoms with E-state index in [1.807, 2.05) is 6.07 Å². The summed E-state index contributed by atoms with van der Waals surface area (Å²) in [7, 11) is 1.42. The maximum Gasteiger partial charge on any atom is 0.273 e. The third-order valence-electron chi connectivity index (χ3n) is 3.87. The maximum atomic E-state index is 10.9. The molecule has 0 atom stereocenters. The molecular weight excluding hydrogens is 437 g/mol. The number of nitrogens with zero attached hydrogens (tertiary/aromatic N) is 3. The van der Waals surface area contributed by atoms with E-state index < -0.39 is 4.92 Å². The fourth-order valence-electron chi connectivity index (χ4n) is 2.51. The molecule has 0 fully saturated rings. The van der Waals surface area contributed by atoms with Crippen LogP contribution in [0.25, 0.3) is 0 Å². The molecule has 0 aliphatic carbocycles. The molecule has 29 heavy (non-hydrogen) atoms. The first kappa shape index (κ1) is 20.8. The molecule has 2 aromatic carbocycles. The van der Waals surface area contributed by atoms with Gasteiger partial charge in [-0.25, -0.2) is 0 Å². The third kappa shape index (κ3) is 5.35. The van der Waals surface area contributed by atoms with E-state index >= 15 is 0 Å². The number of hydrogen-bond donors (Lipinski definition) is 2. The second-order valence-electron chi connectivity index (χ2n) is 5.86. The van der Waals surface area contributed by atoms with Crippen LogP contribution in [0.3, 0.4) is 0 Å². The van der Waals surface area contributed by atoms with Crippen molar-refractivity contribution in [1.82, 2.24) is 9.78 Å². The number of halogens is 2. The Morgan fingerprint density at radius 3 is 2.72 bits per heavy atom. The number of ether oxygens (including phenoxy) is 1. The molecule has 0 amide bonds. The lowest BCUT2D eigenvalue weighted by atomic mass is 10.2. The number of hydrogen-bond acceptors (Lipinski definition) is 5. The zero-order valence-electron chi connectivity index (χ0n) is 15.1. The molecule has 1 heterocycles. The molecule has 3 aromatic rings. The van der Waals surface area contributed by atoms with Gasteiger partial charge in [0, 0.05) is 28.4 Å². The van der Waals surface area contributed by atoms with E-state index in [1.165, 1.54) is 25.3 Å². The van der Waals surface area contributed by atoms with Gasteiger partial charge in [-0.05, 0) is 36.0 Å². The van der Waals surface area contributed by atoms with Crippen molar-refractivity contribution in [2.24, 2.45) is 0 Å². The summed E-state index contributed by atoms with van der Waals surface area (Å²) in [6, 6.07) is 11.2. The summed E-state index contributed by atoms with van der Waals surface area (Å²) in [4.78, 5) is 10.4. The van der Waals surface area contributed by atoms with Gasteiger partial charge in [-0.15, -0.1) is 0 Å². The van der Waals surface area contributed by atoms with Crippen LogP contribution in [0.2, 0.25) is 10.0 Å². The number of thiocarbonyl (C=S) groups is 1. The maximum absolute atomic E-state index is 10.9. The first-order chi connectivity index (χ1) is 13.9. The molecule has 0 radical (unpaired) electrons. The number of nitro groups is 1. The minimum absolute atomic E-state index is 0.0779. The van der Waals surface area contributed by atoms with Crippen LogP contribution in [0.15, 0.2) is 48.7 Å². The molecule has 0 saturated carbocycles. The van der Waals surface area contributed by atoms with Gasteiger partial charge in [-0.3, -0.25) is 14.8 Å². The van der Waals surface area contributed by atoms with Crippen molar-refractivity contribution < 1.29 is 9.66 Å². The van der Waals surface area contributed by atoms with Crippen molar-refractivity contribution in [2.45, 2.75) is 6.54 Å². The average molecular weight is 452 g/mol. The highest BCUT2D eigenvalue weighted by atomic mass is 35.5. The molecule has 8 nitrogen and oxygen atoms in total. The highest BCUT2D eigenvalue weighted by Gasteiger charge is 2.13. The molecule has 0 bridgehead atoms. The number of nitrogens with one attached hydrogen (secondary N) is 2. The Balaban J connectivity index is 1.65. The second kappa shape index (κ2) is 9.08. The van der Waals surface area contributed by atoms with Crippen molar-refractivity contribution in [3.8, 4) is 5.75 Å². The summed E-state index contributed by atoms with van der Waals surface area (Å²) < 4.78 is 6.88. The first-order valence-electron chi connectivity index (χ1n) is 8.23. The van der Waals surface area contributed by atoms with Crippen molar-refractivity contribution in [3.63, 3.8) is 0 Å². The van der Waals surface area contributed by atoms with Gasteiger partial charge in [-0.1, -0.05) is 29.3 Å². The summed E-state index contributed by atoms with van der Waals surface area (Å²) in [5, 5.41) is 22.6. The third-order valence-corrected chi connectivity index (χ3v) is 4.66. The largest absolute Gasteiger partial charge is 0.494 e. The Hall–Kier alpha value is -2.88. The SMILES string of the molecule is COc1cc([N+](=O)[O-])ccc1NC(=S)Nc1ccn(Cc2ccc(Cl)cc2Cl)n1. The van der Waals surface area contributed by atoms with E-state index in [0.29, 0.717) is 33.8 Å². The number of aromatic nitrogens is 2. The number of anilines is 2. The molecule has 1 aromatic heterocycles. The van der Waals surface area contributed by atoms with E-state index in [1.54, 1.807) is 29.1 Å². The van der Waals surface area contributed by atoms with Crippen molar-refractivity contribution in [2.75, 3.05) is 17.7 Å². The molecule has 0 spiro atoms. The molecule has 0 aliphatic rings. The predicted octanol–water partition coefficient (Wildman–Crippen LogP) is 4.96. The van der Waals surface area contributed by atoms with E-state index in [4.69, 9.17) is 40.2 Å². The van der Waals surface area contributed by atoms with Gasteiger partial charge in [0.1, 0.15) is 5.75 Å². The van der Waals surface area contributed by atoms with Crippen molar-refractivity contribution in [3.05, 3.63) is 74.4 Å². The second-order valence-corrected chi connectivity index (χ2v) is 7.11. The number of rotatable bonds is 6. The highest BCUT2D eigenvalue weighted by Crippen LogP contribution is 2.29. The number of nitro benzene ring substituents is 1. The van der Waals surface area contributed by atoms with Gasteiger partial charge in [-0.2, -0.15) is 5.10 Å². The molecule has 3 rings (SSSR count). The average Bonchev–Trinajstić information content (AvgIpc) is 3.10. The highest BCUT2D eigenvalue weighted by molar-refractivity contribution is 7.80. The van der Waals surface area contributed by atoms with Gasteiger partial charge < -0.3 is 15.4 Å². The summed E-state index contributed by atoms with van der Waals surface area (Å²) in [5.41, 5.74) is 1.29. The lowest BCUT2D eigenvalue weighted by Crippen LogP contribution is -2.20. The fraction of sp³-hybridized carbons (Fsp3) is 0.111. The summed E-state index contributed by atoms with van der Waals surface area (Å²) >= 11 is 17.4. The molecule has 2 N–H and O–H groups in total. The van der Waals surface area contributed by atoms with Crippen LogP contribution in [-0.2, 0) is 6.54 Å². The zero-order chi connectivity index (χ0) is 21.0. The van der Waals surface area contributed by atoms with Gasteiger partial charge in [0.2, 0.25) is 0 Å². The number of non-ortho nitro benzene ring substituents is 1. The number of benzene rings is 2. The Morgan fingerprint density at radius 1 is 1.24 bits per heavy atom. The van der Waals surface area contributed by atoms with Crippen molar-refractivity contribution in [1.29, 1.82) is 0 Å². The topological polar surface area (TPSA) is 94.3 Å². The quantitative estimate of drug-likeness (QED) is 0.310. The monoisotopic (exact) mass is 451 g/mol. The zero-order valence-corrected chi connectivity index (χ0v) is 17.4. The fourth-order valence-corrected chi connectivity index (χ4v) is 3.19. The summed E-state index contributed by atoms with van der Waals surface area (Å²) in [6.45, 7) is 0.466. The molecular formula is C18H15Cl2N5O3S. The van der Waals surface area contributed by atoms with Crippen LogP contribution >= 0.6 is 35.4 Å². The lowest BCUT2D eigenvalue weighted by molar-refractivity contribution is -0.384. The van der Waals surface area contributed by atoms with Crippen LogP contribution in [-0.4, -0.2) is 26.9 Å². The molecule has 0 unspecified atom stereocenters. The molecule has 0 saturated heterocycles. The summed E-state index contributed by atoms with van der Waals surface area (Å²) in [6.07, 6.45) is 1.78. The minimum Gasteiger partial charge on any atom is -0.494 e. The van der Waals surface area contributed by atoms with Gasteiger partial charge >= 0.3 is 0 Å². The van der Waals surface area contributed by atoms with Crippen molar-refractivity contribution >= 4 is 57.7 Å². The smallest absolute Gasteiger partial charge is 0.273 e. The molecule has 11 heteroatoms. The Labute approximate surface area is 181 Å². The standard InChI is InChI=1S/C18H15Cl2N5O3S/c1-28-16-9-13(25(26)27)4-5-15(16)21-18(29)22-17-6-7-24(23-17)10-11-2-3-12(19)8-14(11)20/h2-9H,10H2,1H3,(H2,21,22,23,29). The van der Waals surface area contributed by atoms with Crippen LogP contribution < -0.4 is 15.4 Å². The van der Waals surface area contributed by atoms with Crippen LogP contribution in [0.4, 0.5) is 17.2 Å². The Bertz CT molecular complexity index is 1070. The molecule has 150 valence electrons. The van der Waals surface area contributed by atoms with E-state index in [-0.39, 0.29) is 10.8 Å². The van der Waals surface area contributed by atoms with E-state index in [9.17, 15) is 10.1 Å². The lowest BCUT2D eigenvalue weighted by Gasteiger charge is -2.12. The first-order valence-corrected chi connectivity index (χ1v) is 9.40. The van der Waals surface area contributed by atoms with Gasteiger partial charge in [0.25, 0.3) is 5.69 Å². The van der Waals surface area contributed by atoms with Crippen LogP contribution in [0.5, 0.6) is 5.75 Å². The Morgan fingerprint density at radius 2 is 2.03 bits per heavy atom. The van der Waals surface area contributed by atoms with Gasteiger partial charge in [0.05, 0.1) is 30.3 Å². The predicted molar refractivity (Wildman–Crippen MR) is 117 cm³/mol.